The second kappa shape index (κ2) is 12.9. The molecule has 0 radical (unpaired) electrons. The number of hydrogen-bond acceptors (Lipinski definition) is 3. The first kappa shape index (κ1) is 15.9. The molecule has 0 saturated heterocycles. The first-order chi connectivity index (χ1) is 7.85. The van der Waals surface area contributed by atoms with Crippen LogP contribution in [0, 0.1) is 0 Å². The van der Waals surface area contributed by atoms with E-state index in [0.717, 1.165) is 39.1 Å². The monoisotopic (exact) mass is 230 g/mol. The van der Waals surface area contributed by atoms with E-state index in [1.54, 1.807) is 0 Å². The lowest BCUT2D eigenvalue weighted by atomic mass is 10.3. The zero-order valence-electron chi connectivity index (χ0n) is 11.4. The minimum Gasteiger partial charge on any atom is -0.381 e. The maximum absolute atomic E-state index is 5.41. The molecular formula is C13H30N2O. The van der Waals surface area contributed by atoms with Crippen molar-refractivity contribution in [3.05, 3.63) is 0 Å². The number of ether oxygens (including phenoxy) is 1. The molecule has 0 aromatic rings. The van der Waals surface area contributed by atoms with Crippen LogP contribution < -0.4 is 5.32 Å². The number of rotatable bonds is 12. The SMILES string of the molecule is CCCOCCCNCCCN(CC)CC. The molecule has 0 aliphatic carbocycles. The number of nitrogens with zero attached hydrogens (tertiary/aromatic N) is 1. The van der Waals surface area contributed by atoms with Crippen molar-refractivity contribution < 1.29 is 4.74 Å². The van der Waals surface area contributed by atoms with Gasteiger partial charge in [-0.1, -0.05) is 20.8 Å². The third kappa shape index (κ3) is 10.4. The minimum atomic E-state index is 0.900. The molecule has 0 aromatic heterocycles. The molecule has 0 amide bonds. The molecule has 98 valence electrons. The molecule has 16 heavy (non-hydrogen) atoms. The van der Waals surface area contributed by atoms with Gasteiger partial charge in [-0.15, -0.1) is 0 Å². The van der Waals surface area contributed by atoms with Gasteiger partial charge in [0.25, 0.3) is 0 Å². The van der Waals surface area contributed by atoms with Crippen molar-refractivity contribution in [2.45, 2.75) is 40.0 Å². The highest BCUT2D eigenvalue weighted by atomic mass is 16.5. The summed E-state index contributed by atoms with van der Waals surface area (Å²) < 4.78 is 5.41. The fourth-order valence-corrected chi connectivity index (χ4v) is 1.64. The summed E-state index contributed by atoms with van der Waals surface area (Å²) in [5.74, 6) is 0. The van der Waals surface area contributed by atoms with E-state index in [1.807, 2.05) is 0 Å². The van der Waals surface area contributed by atoms with Crippen LogP contribution in [-0.2, 0) is 4.74 Å². The molecule has 0 unspecified atom stereocenters. The molecule has 3 heteroatoms. The van der Waals surface area contributed by atoms with E-state index in [1.165, 1.54) is 26.1 Å². The number of nitrogens with one attached hydrogen (secondary N) is 1. The Morgan fingerprint density at radius 3 is 2.25 bits per heavy atom. The van der Waals surface area contributed by atoms with Crippen LogP contribution >= 0.6 is 0 Å². The molecule has 0 aliphatic rings. The van der Waals surface area contributed by atoms with E-state index in [0.29, 0.717) is 0 Å². The molecule has 0 spiro atoms. The van der Waals surface area contributed by atoms with E-state index in [2.05, 4.69) is 31.0 Å². The second-order valence-corrected chi connectivity index (χ2v) is 4.10. The topological polar surface area (TPSA) is 24.5 Å². The first-order valence-corrected chi connectivity index (χ1v) is 6.85. The van der Waals surface area contributed by atoms with E-state index in [-0.39, 0.29) is 0 Å². The lowest BCUT2D eigenvalue weighted by Crippen LogP contribution is -2.27. The third-order valence-corrected chi connectivity index (χ3v) is 2.71. The zero-order chi connectivity index (χ0) is 12.1. The predicted octanol–water partition coefficient (Wildman–Crippen LogP) is 2.12. The van der Waals surface area contributed by atoms with E-state index in [4.69, 9.17) is 4.74 Å². The highest BCUT2D eigenvalue weighted by Gasteiger charge is 1.97. The Morgan fingerprint density at radius 1 is 0.938 bits per heavy atom. The van der Waals surface area contributed by atoms with E-state index in [9.17, 15) is 0 Å². The summed E-state index contributed by atoms with van der Waals surface area (Å²) in [6, 6.07) is 0. The highest BCUT2D eigenvalue weighted by molar-refractivity contribution is 4.55. The van der Waals surface area contributed by atoms with Crippen LogP contribution in [0.4, 0.5) is 0 Å². The molecule has 0 bridgehead atoms. The standard InChI is InChI=1S/C13H30N2O/c1-4-12-16-13-8-10-14-9-7-11-15(5-2)6-3/h14H,4-13H2,1-3H3. The van der Waals surface area contributed by atoms with Crippen LogP contribution in [-0.4, -0.2) is 50.8 Å². The van der Waals surface area contributed by atoms with Crippen LogP contribution in [0.3, 0.4) is 0 Å². The van der Waals surface area contributed by atoms with Gasteiger partial charge in [0.2, 0.25) is 0 Å². The van der Waals surface area contributed by atoms with Crippen LogP contribution in [0.25, 0.3) is 0 Å². The van der Waals surface area contributed by atoms with Gasteiger partial charge in [-0.05, 0) is 52.0 Å². The minimum absolute atomic E-state index is 0.900. The van der Waals surface area contributed by atoms with Crippen molar-refractivity contribution in [3.8, 4) is 0 Å². The summed E-state index contributed by atoms with van der Waals surface area (Å²) in [4.78, 5) is 2.46. The number of hydrogen-bond donors (Lipinski definition) is 1. The molecule has 0 atom stereocenters. The normalized spacial score (nSPS) is 11.2. The van der Waals surface area contributed by atoms with Gasteiger partial charge in [-0.2, -0.15) is 0 Å². The van der Waals surface area contributed by atoms with Crippen molar-refractivity contribution in [3.63, 3.8) is 0 Å². The Morgan fingerprint density at radius 2 is 1.62 bits per heavy atom. The molecular weight excluding hydrogens is 200 g/mol. The maximum Gasteiger partial charge on any atom is 0.0478 e. The van der Waals surface area contributed by atoms with Gasteiger partial charge in [0, 0.05) is 13.2 Å². The summed E-state index contributed by atoms with van der Waals surface area (Å²) in [5, 5.41) is 3.46. The van der Waals surface area contributed by atoms with Gasteiger partial charge in [0.05, 0.1) is 0 Å². The molecule has 0 saturated carbocycles. The Balaban J connectivity index is 3.03. The molecule has 0 rings (SSSR count). The fraction of sp³-hybridized carbons (Fsp3) is 1.00. The predicted molar refractivity (Wildman–Crippen MR) is 71.0 cm³/mol. The van der Waals surface area contributed by atoms with E-state index < -0.39 is 0 Å². The Kier molecular flexibility index (Phi) is 12.9. The quantitative estimate of drug-likeness (QED) is 0.520. The van der Waals surface area contributed by atoms with Crippen LogP contribution in [0.15, 0.2) is 0 Å². The zero-order valence-corrected chi connectivity index (χ0v) is 11.4. The smallest absolute Gasteiger partial charge is 0.0478 e. The van der Waals surface area contributed by atoms with Crippen molar-refractivity contribution >= 4 is 0 Å². The molecule has 3 nitrogen and oxygen atoms in total. The van der Waals surface area contributed by atoms with Crippen molar-refractivity contribution in [2.75, 3.05) is 45.9 Å². The van der Waals surface area contributed by atoms with Crippen molar-refractivity contribution in [1.29, 1.82) is 0 Å². The lowest BCUT2D eigenvalue weighted by Gasteiger charge is -2.17. The molecule has 0 fully saturated rings. The Bertz CT molecular complexity index is 127. The van der Waals surface area contributed by atoms with Crippen LogP contribution in [0.1, 0.15) is 40.0 Å². The Labute approximate surface area is 102 Å². The average molecular weight is 230 g/mol. The van der Waals surface area contributed by atoms with Crippen LogP contribution in [0.5, 0.6) is 0 Å². The highest BCUT2D eigenvalue weighted by Crippen LogP contribution is 1.89. The third-order valence-electron chi connectivity index (χ3n) is 2.71. The summed E-state index contributed by atoms with van der Waals surface area (Å²) in [7, 11) is 0. The second-order valence-electron chi connectivity index (χ2n) is 4.10. The van der Waals surface area contributed by atoms with Gasteiger partial charge >= 0.3 is 0 Å². The van der Waals surface area contributed by atoms with Crippen molar-refractivity contribution in [2.24, 2.45) is 0 Å². The van der Waals surface area contributed by atoms with Gasteiger partial charge in [-0.3, -0.25) is 0 Å². The summed E-state index contributed by atoms with van der Waals surface area (Å²) in [6.07, 6.45) is 3.50. The van der Waals surface area contributed by atoms with E-state index >= 15 is 0 Å². The summed E-state index contributed by atoms with van der Waals surface area (Å²) in [5.41, 5.74) is 0. The van der Waals surface area contributed by atoms with Crippen LogP contribution in [0.2, 0.25) is 0 Å². The summed E-state index contributed by atoms with van der Waals surface area (Å²) in [6.45, 7) is 14.2. The average Bonchev–Trinajstić information content (AvgIpc) is 2.32. The molecule has 0 heterocycles. The van der Waals surface area contributed by atoms with Gasteiger partial charge in [0.1, 0.15) is 0 Å². The van der Waals surface area contributed by atoms with Gasteiger partial charge in [-0.25, -0.2) is 0 Å². The molecule has 1 N–H and O–H groups in total. The summed E-state index contributed by atoms with van der Waals surface area (Å²) >= 11 is 0. The van der Waals surface area contributed by atoms with Crippen molar-refractivity contribution in [1.82, 2.24) is 10.2 Å². The molecule has 0 aromatic carbocycles. The van der Waals surface area contributed by atoms with Gasteiger partial charge < -0.3 is 15.0 Å². The maximum atomic E-state index is 5.41. The first-order valence-electron chi connectivity index (χ1n) is 6.85. The fourth-order valence-electron chi connectivity index (χ4n) is 1.64. The molecule has 0 aliphatic heterocycles. The Hall–Kier alpha value is -0.120. The largest absolute Gasteiger partial charge is 0.381 e. The lowest BCUT2D eigenvalue weighted by molar-refractivity contribution is 0.132. The van der Waals surface area contributed by atoms with Gasteiger partial charge in [0.15, 0.2) is 0 Å².